The number of nitrogens with one attached hydrogen (secondary N) is 1. The van der Waals surface area contributed by atoms with Gasteiger partial charge in [-0.15, -0.1) is 11.8 Å². The van der Waals surface area contributed by atoms with Crippen LogP contribution in [-0.4, -0.2) is 47.1 Å². The van der Waals surface area contributed by atoms with Gasteiger partial charge in [-0.05, 0) is 36.8 Å². The molecule has 2 rings (SSSR count). The molecule has 1 aliphatic heterocycles. The molecule has 148 valence electrons. The molecule has 1 saturated heterocycles. The van der Waals surface area contributed by atoms with Gasteiger partial charge in [-0.25, -0.2) is 0 Å². The third-order valence-corrected chi connectivity index (χ3v) is 5.63. The first-order valence-corrected chi connectivity index (χ1v) is 10.5. The Balaban J connectivity index is 1.99. The van der Waals surface area contributed by atoms with Crippen LogP contribution in [0.4, 0.5) is 0 Å². The number of rotatable bonds is 7. The largest absolute Gasteiger partial charge is 0.481 e. The van der Waals surface area contributed by atoms with E-state index >= 15 is 0 Å². The van der Waals surface area contributed by atoms with E-state index in [9.17, 15) is 19.5 Å². The van der Waals surface area contributed by atoms with Gasteiger partial charge >= 0.3 is 5.97 Å². The van der Waals surface area contributed by atoms with Crippen molar-refractivity contribution in [1.82, 2.24) is 10.2 Å². The summed E-state index contributed by atoms with van der Waals surface area (Å²) >= 11 is 1.61. The smallest absolute Gasteiger partial charge is 0.305 e. The molecule has 0 saturated carbocycles. The number of carboxylic acid groups (broad SMARTS) is 1. The lowest BCUT2D eigenvalue weighted by Gasteiger charge is -2.33. The zero-order chi connectivity index (χ0) is 20.0. The minimum absolute atomic E-state index is 0.0421. The fourth-order valence-electron chi connectivity index (χ4n) is 3.28. The van der Waals surface area contributed by atoms with Gasteiger partial charge in [0.2, 0.25) is 11.8 Å². The van der Waals surface area contributed by atoms with Crippen LogP contribution in [-0.2, 0) is 14.4 Å². The van der Waals surface area contributed by atoms with Crippen LogP contribution in [0.1, 0.15) is 44.7 Å². The van der Waals surface area contributed by atoms with Gasteiger partial charge in [0.25, 0.3) is 0 Å². The Morgan fingerprint density at radius 2 is 1.78 bits per heavy atom. The third kappa shape index (κ3) is 5.99. The lowest BCUT2D eigenvalue weighted by molar-refractivity contribution is -0.140. The maximum Gasteiger partial charge on any atom is 0.305 e. The molecule has 6 nitrogen and oxygen atoms in total. The number of carboxylic acids is 1. The Hall–Kier alpha value is -2.02. The van der Waals surface area contributed by atoms with Crippen molar-refractivity contribution in [1.29, 1.82) is 0 Å². The highest BCUT2D eigenvalue weighted by Gasteiger charge is 2.30. The fourth-order valence-corrected chi connectivity index (χ4v) is 3.69. The number of benzene rings is 1. The molecule has 1 unspecified atom stereocenters. The molecular weight excluding hydrogens is 364 g/mol. The molecule has 2 N–H and O–H groups in total. The van der Waals surface area contributed by atoms with Gasteiger partial charge in [0.15, 0.2) is 0 Å². The minimum Gasteiger partial charge on any atom is -0.481 e. The summed E-state index contributed by atoms with van der Waals surface area (Å²) in [4.78, 5) is 38.9. The lowest BCUT2D eigenvalue weighted by atomic mass is 9.94. The second kappa shape index (κ2) is 9.78. The molecule has 0 aliphatic carbocycles. The van der Waals surface area contributed by atoms with Crippen molar-refractivity contribution in [2.75, 3.05) is 19.3 Å². The Bertz CT molecular complexity index is 667. The topological polar surface area (TPSA) is 86.7 Å². The van der Waals surface area contributed by atoms with E-state index < -0.39 is 12.0 Å². The number of aliphatic carboxylic acids is 1. The van der Waals surface area contributed by atoms with E-state index in [-0.39, 0.29) is 30.1 Å². The van der Waals surface area contributed by atoms with Crippen LogP contribution in [0.15, 0.2) is 29.2 Å². The molecule has 1 atom stereocenters. The van der Waals surface area contributed by atoms with Crippen LogP contribution in [0.5, 0.6) is 0 Å². The molecule has 1 aromatic carbocycles. The molecule has 2 amide bonds. The van der Waals surface area contributed by atoms with E-state index in [2.05, 4.69) is 5.32 Å². The molecule has 0 aromatic heterocycles. The van der Waals surface area contributed by atoms with Crippen LogP contribution >= 0.6 is 11.8 Å². The van der Waals surface area contributed by atoms with Crippen molar-refractivity contribution in [3.05, 3.63) is 29.8 Å². The number of carbonyl (C=O) groups excluding carboxylic acids is 2. The SMILES string of the molecule is CSc1ccc(C(CC(=O)O)NC(=O)C2CCN(C(=O)C(C)C)CC2)cc1. The van der Waals surface area contributed by atoms with E-state index in [4.69, 9.17) is 0 Å². The first-order valence-electron chi connectivity index (χ1n) is 9.26. The second-order valence-corrected chi connectivity index (χ2v) is 8.07. The van der Waals surface area contributed by atoms with Gasteiger partial charge in [0, 0.05) is 29.8 Å². The average molecular weight is 393 g/mol. The molecule has 7 heteroatoms. The number of carbonyl (C=O) groups is 3. The van der Waals surface area contributed by atoms with Gasteiger partial charge < -0.3 is 15.3 Å². The van der Waals surface area contributed by atoms with E-state index in [0.717, 1.165) is 10.5 Å². The first-order chi connectivity index (χ1) is 12.8. The Labute approximate surface area is 164 Å². The number of nitrogens with zero attached hydrogens (tertiary/aromatic N) is 1. The molecule has 0 bridgehead atoms. The molecule has 0 spiro atoms. The summed E-state index contributed by atoms with van der Waals surface area (Å²) < 4.78 is 0. The van der Waals surface area contributed by atoms with E-state index in [1.165, 1.54) is 0 Å². The van der Waals surface area contributed by atoms with Gasteiger partial charge in [-0.1, -0.05) is 26.0 Å². The second-order valence-electron chi connectivity index (χ2n) is 7.19. The lowest BCUT2D eigenvalue weighted by Crippen LogP contribution is -2.45. The number of piperidine rings is 1. The van der Waals surface area contributed by atoms with Crippen molar-refractivity contribution < 1.29 is 19.5 Å². The predicted octanol–water partition coefficient (Wildman–Crippen LogP) is 2.94. The summed E-state index contributed by atoms with van der Waals surface area (Å²) in [6.45, 7) is 4.89. The highest BCUT2D eigenvalue weighted by Crippen LogP contribution is 2.24. The summed E-state index contributed by atoms with van der Waals surface area (Å²) in [5, 5.41) is 12.1. The van der Waals surface area contributed by atoms with Crippen LogP contribution < -0.4 is 5.32 Å². The Kier molecular flexibility index (Phi) is 7.71. The van der Waals surface area contributed by atoms with Gasteiger partial charge in [0.05, 0.1) is 12.5 Å². The molecular formula is C20H28N2O4S. The standard InChI is InChI=1S/C20H28N2O4S/c1-13(2)20(26)22-10-8-15(9-11-22)19(25)21-17(12-18(23)24)14-4-6-16(27-3)7-5-14/h4-7,13,15,17H,8-12H2,1-3H3,(H,21,25)(H,23,24). The van der Waals surface area contributed by atoms with Crippen molar-refractivity contribution in [3.8, 4) is 0 Å². The van der Waals surface area contributed by atoms with E-state index in [1.54, 1.807) is 11.8 Å². The Morgan fingerprint density at radius 1 is 1.19 bits per heavy atom. The van der Waals surface area contributed by atoms with Gasteiger partial charge in [0.1, 0.15) is 0 Å². The maximum atomic E-state index is 12.7. The maximum absolute atomic E-state index is 12.7. The summed E-state index contributed by atoms with van der Waals surface area (Å²) in [5.41, 5.74) is 0.788. The molecule has 1 aliphatic rings. The Morgan fingerprint density at radius 3 is 2.26 bits per heavy atom. The zero-order valence-electron chi connectivity index (χ0n) is 16.1. The molecule has 1 heterocycles. The summed E-state index contributed by atoms with van der Waals surface area (Å²) in [6.07, 6.45) is 3.03. The zero-order valence-corrected chi connectivity index (χ0v) is 16.9. The summed E-state index contributed by atoms with van der Waals surface area (Å²) in [7, 11) is 0. The number of hydrogen-bond acceptors (Lipinski definition) is 4. The molecule has 1 aromatic rings. The number of amides is 2. The fraction of sp³-hybridized carbons (Fsp3) is 0.550. The number of likely N-dealkylation sites (tertiary alicyclic amines) is 1. The van der Waals surface area contributed by atoms with Crippen molar-refractivity contribution in [2.24, 2.45) is 11.8 Å². The van der Waals surface area contributed by atoms with E-state index in [1.807, 2.05) is 49.3 Å². The van der Waals surface area contributed by atoms with Gasteiger partial charge in [-0.2, -0.15) is 0 Å². The summed E-state index contributed by atoms with van der Waals surface area (Å²) in [5.74, 6) is -1.20. The highest BCUT2D eigenvalue weighted by atomic mass is 32.2. The van der Waals surface area contributed by atoms with Crippen molar-refractivity contribution >= 4 is 29.5 Å². The van der Waals surface area contributed by atoms with Crippen LogP contribution in [0.2, 0.25) is 0 Å². The van der Waals surface area contributed by atoms with Crippen LogP contribution in [0.3, 0.4) is 0 Å². The summed E-state index contributed by atoms with van der Waals surface area (Å²) in [6, 6.07) is 7.03. The number of thioether (sulfide) groups is 1. The monoisotopic (exact) mass is 392 g/mol. The number of hydrogen-bond donors (Lipinski definition) is 2. The normalized spacial score (nSPS) is 16.2. The first kappa shape index (κ1) is 21.3. The van der Waals surface area contributed by atoms with Gasteiger partial charge in [-0.3, -0.25) is 14.4 Å². The quantitative estimate of drug-likeness (QED) is 0.697. The van der Waals surface area contributed by atoms with Crippen molar-refractivity contribution in [2.45, 2.75) is 44.0 Å². The van der Waals surface area contributed by atoms with E-state index in [0.29, 0.717) is 25.9 Å². The molecule has 0 radical (unpaired) electrons. The van der Waals surface area contributed by atoms with Crippen LogP contribution in [0, 0.1) is 11.8 Å². The minimum atomic E-state index is -0.952. The highest BCUT2D eigenvalue weighted by molar-refractivity contribution is 7.98. The molecule has 27 heavy (non-hydrogen) atoms. The van der Waals surface area contributed by atoms with Crippen molar-refractivity contribution in [3.63, 3.8) is 0 Å². The average Bonchev–Trinajstić information content (AvgIpc) is 2.66. The third-order valence-electron chi connectivity index (χ3n) is 4.88. The molecule has 1 fully saturated rings. The predicted molar refractivity (Wildman–Crippen MR) is 106 cm³/mol. The van der Waals surface area contributed by atoms with Crippen LogP contribution in [0.25, 0.3) is 0 Å².